The van der Waals surface area contributed by atoms with E-state index in [2.05, 4.69) is 22.5 Å². The number of hydrogen-bond acceptors (Lipinski definition) is 8. The maximum atomic E-state index is 14.1. The van der Waals surface area contributed by atoms with Crippen LogP contribution in [0, 0.1) is 11.8 Å². The van der Waals surface area contributed by atoms with Crippen LogP contribution in [-0.2, 0) is 19.1 Å². The summed E-state index contributed by atoms with van der Waals surface area (Å²) < 4.78 is 9.86. The summed E-state index contributed by atoms with van der Waals surface area (Å²) in [5.74, 6) is -0.817. The van der Waals surface area contributed by atoms with Gasteiger partial charge in [-0.2, -0.15) is 0 Å². The van der Waals surface area contributed by atoms with Crippen molar-refractivity contribution in [3.05, 3.63) is 24.3 Å². The minimum atomic E-state index is -0.644. The van der Waals surface area contributed by atoms with Gasteiger partial charge in [-0.1, -0.05) is 0 Å². The number of hydrogen-bond donors (Lipinski definition) is 3. The van der Waals surface area contributed by atoms with E-state index >= 15 is 0 Å². The van der Waals surface area contributed by atoms with Gasteiger partial charge in [0.05, 0.1) is 36.4 Å². The third-order valence-electron chi connectivity index (χ3n) is 8.88. The van der Waals surface area contributed by atoms with E-state index in [9.17, 15) is 19.5 Å². The summed E-state index contributed by atoms with van der Waals surface area (Å²) in [6.45, 7) is 9.29. The standard InChI is InChI=1S/C29H42N4O6S/c1-3-39-21-8-6-20(7-9-21)31-25(35)22-23-27(37)33(13-4-5-17-34)24(29(23)11-10-28(22,2)40-29)26(36)30-12-14-32-15-18-38-19-16-32/h6-9,22-24,34H,3-5,10-19H2,1-2H3,(H,30,36)(H,31,35)/t22-,23+,24?,28+,29?/m1/s1. The number of benzene rings is 1. The summed E-state index contributed by atoms with van der Waals surface area (Å²) in [6.07, 6.45) is 2.65. The van der Waals surface area contributed by atoms with Gasteiger partial charge in [-0.3, -0.25) is 19.3 Å². The van der Waals surface area contributed by atoms with E-state index in [4.69, 9.17) is 9.47 Å². The Labute approximate surface area is 240 Å². The van der Waals surface area contributed by atoms with Crippen molar-refractivity contribution >= 4 is 35.2 Å². The zero-order valence-corrected chi connectivity index (χ0v) is 24.3. The molecule has 0 saturated carbocycles. The number of nitrogens with zero attached hydrogens (tertiary/aromatic N) is 2. The molecule has 0 aromatic heterocycles. The summed E-state index contributed by atoms with van der Waals surface area (Å²) in [4.78, 5) is 45.7. The lowest BCUT2D eigenvalue weighted by molar-refractivity contribution is -0.139. The molecule has 3 N–H and O–H groups in total. The van der Waals surface area contributed by atoms with Crippen LogP contribution in [0.25, 0.3) is 0 Å². The molecule has 1 aromatic rings. The smallest absolute Gasteiger partial charge is 0.244 e. The number of aliphatic hydroxyl groups excluding tert-OH is 1. The van der Waals surface area contributed by atoms with Crippen LogP contribution in [0.4, 0.5) is 5.69 Å². The highest BCUT2D eigenvalue weighted by Gasteiger charge is 2.77. The second-order valence-corrected chi connectivity index (χ2v) is 13.3. The van der Waals surface area contributed by atoms with Crippen molar-refractivity contribution in [3.8, 4) is 5.75 Å². The summed E-state index contributed by atoms with van der Waals surface area (Å²) in [6, 6.07) is 6.62. The number of thioether (sulfide) groups is 1. The minimum Gasteiger partial charge on any atom is -0.494 e. The Hall–Kier alpha value is -2.34. The number of rotatable bonds is 12. The molecule has 4 heterocycles. The molecule has 0 radical (unpaired) electrons. The van der Waals surface area contributed by atoms with E-state index in [1.54, 1.807) is 16.7 Å². The number of anilines is 1. The SMILES string of the molecule is CCOc1ccc(NC(=O)[C@H]2[C@H]3C(=O)N(CCCCO)C(C(=O)NCCN4CCOCC4)C34CC[C@]2(C)S4)cc1. The molecular formula is C29H42N4O6S. The Balaban J connectivity index is 1.35. The highest BCUT2D eigenvalue weighted by molar-refractivity contribution is 8.02. The quantitative estimate of drug-likeness (QED) is 0.323. The highest BCUT2D eigenvalue weighted by Crippen LogP contribution is 2.71. The van der Waals surface area contributed by atoms with E-state index in [0.29, 0.717) is 51.4 Å². The van der Waals surface area contributed by atoms with Gasteiger partial charge < -0.3 is 30.1 Å². The summed E-state index contributed by atoms with van der Waals surface area (Å²) in [5, 5.41) is 15.5. The molecule has 11 heteroatoms. The van der Waals surface area contributed by atoms with Crippen LogP contribution in [0.15, 0.2) is 24.3 Å². The van der Waals surface area contributed by atoms with Gasteiger partial charge in [-0.25, -0.2) is 0 Å². The molecule has 40 heavy (non-hydrogen) atoms. The molecular weight excluding hydrogens is 532 g/mol. The number of carbonyl (C=O) groups is 3. The lowest BCUT2D eigenvalue weighted by atomic mass is 9.66. The third kappa shape index (κ3) is 5.45. The second-order valence-electron chi connectivity index (χ2n) is 11.4. The molecule has 5 rings (SSSR count). The Kier molecular flexibility index (Phi) is 8.94. The van der Waals surface area contributed by atoms with E-state index < -0.39 is 27.4 Å². The zero-order valence-electron chi connectivity index (χ0n) is 23.5. The lowest BCUT2D eigenvalue weighted by Gasteiger charge is -2.35. The van der Waals surface area contributed by atoms with E-state index in [1.165, 1.54) is 0 Å². The molecule has 0 aliphatic carbocycles. The van der Waals surface area contributed by atoms with Crippen molar-refractivity contribution in [1.29, 1.82) is 0 Å². The number of ether oxygens (including phenoxy) is 2. The lowest BCUT2D eigenvalue weighted by Crippen LogP contribution is -2.54. The fraction of sp³-hybridized carbons (Fsp3) is 0.690. The van der Waals surface area contributed by atoms with Gasteiger partial charge >= 0.3 is 0 Å². The van der Waals surface area contributed by atoms with Crippen LogP contribution in [0.2, 0.25) is 0 Å². The molecule has 2 bridgehead atoms. The number of carbonyl (C=O) groups excluding carboxylic acids is 3. The van der Waals surface area contributed by atoms with E-state index in [-0.39, 0.29) is 24.3 Å². The summed E-state index contributed by atoms with van der Waals surface area (Å²) >= 11 is 1.67. The maximum Gasteiger partial charge on any atom is 0.244 e. The van der Waals surface area contributed by atoms with E-state index in [0.717, 1.165) is 38.2 Å². The first-order valence-corrected chi connectivity index (χ1v) is 15.4. The van der Waals surface area contributed by atoms with Crippen molar-refractivity contribution < 1.29 is 29.0 Å². The zero-order chi connectivity index (χ0) is 28.3. The van der Waals surface area contributed by atoms with Gasteiger partial charge in [0.25, 0.3) is 0 Å². The fourth-order valence-corrected chi connectivity index (χ4v) is 9.40. The van der Waals surface area contributed by atoms with Gasteiger partial charge in [-0.15, -0.1) is 11.8 Å². The molecule has 1 spiro atoms. The summed E-state index contributed by atoms with van der Waals surface area (Å²) in [7, 11) is 0. The topological polar surface area (TPSA) is 120 Å². The van der Waals surface area contributed by atoms with Gasteiger partial charge in [0, 0.05) is 49.8 Å². The predicted octanol–water partition coefficient (Wildman–Crippen LogP) is 1.73. The van der Waals surface area contributed by atoms with Crippen LogP contribution in [-0.4, -0.2) is 107 Å². The maximum absolute atomic E-state index is 14.1. The molecule has 1 aromatic carbocycles. The van der Waals surface area contributed by atoms with Crippen molar-refractivity contribution in [2.75, 3.05) is 64.5 Å². The number of morpholine rings is 1. The number of fused-ring (bicyclic) bond motifs is 1. The minimum absolute atomic E-state index is 0.0347. The van der Waals surface area contributed by atoms with Crippen molar-refractivity contribution in [2.45, 2.75) is 55.1 Å². The van der Waals surface area contributed by atoms with Crippen molar-refractivity contribution in [2.24, 2.45) is 11.8 Å². The average Bonchev–Trinajstić information content (AvgIpc) is 3.51. The Bertz CT molecular complexity index is 1080. The molecule has 220 valence electrons. The number of likely N-dealkylation sites (tertiary alicyclic amines) is 1. The van der Waals surface area contributed by atoms with Crippen LogP contribution in [0.5, 0.6) is 5.75 Å². The van der Waals surface area contributed by atoms with Gasteiger partial charge in [-0.05, 0) is 63.8 Å². The molecule has 4 aliphatic heterocycles. The molecule has 3 amide bonds. The Morgan fingerprint density at radius 2 is 1.88 bits per heavy atom. The number of aliphatic hydroxyl groups is 1. The molecule has 10 nitrogen and oxygen atoms in total. The van der Waals surface area contributed by atoms with Crippen LogP contribution in [0.3, 0.4) is 0 Å². The van der Waals surface area contributed by atoms with Crippen molar-refractivity contribution in [3.63, 3.8) is 0 Å². The van der Waals surface area contributed by atoms with Crippen molar-refractivity contribution in [1.82, 2.24) is 15.1 Å². The predicted molar refractivity (Wildman–Crippen MR) is 153 cm³/mol. The first-order valence-electron chi connectivity index (χ1n) is 14.6. The van der Waals surface area contributed by atoms with Crippen LogP contribution in [0.1, 0.15) is 39.5 Å². The van der Waals surface area contributed by atoms with Gasteiger partial charge in [0.15, 0.2) is 0 Å². The number of nitrogens with one attached hydrogen (secondary N) is 2. The monoisotopic (exact) mass is 574 g/mol. The first kappa shape index (κ1) is 29.2. The number of amides is 3. The van der Waals surface area contributed by atoms with Gasteiger partial charge in [0.1, 0.15) is 11.8 Å². The molecule has 2 unspecified atom stereocenters. The molecule has 4 aliphatic rings. The molecule has 4 fully saturated rings. The molecule has 4 saturated heterocycles. The Morgan fingerprint density at radius 3 is 2.58 bits per heavy atom. The van der Waals surface area contributed by atoms with Crippen LogP contribution < -0.4 is 15.4 Å². The van der Waals surface area contributed by atoms with Gasteiger partial charge in [0.2, 0.25) is 17.7 Å². The van der Waals surface area contributed by atoms with Crippen LogP contribution >= 0.6 is 11.8 Å². The second kappa shape index (κ2) is 12.3. The Morgan fingerprint density at radius 1 is 1.12 bits per heavy atom. The highest BCUT2D eigenvalue weighted by atomic mass is 32.2. The fourth-order valence-electron chi connectivity index (χ4n) is 7.04. The normalized spacial score (nSPS) is 31.3. The third-order valence-corrected chi connectivity index (χ3v) is 10.9. The molecule has 5 atom stereocenters. The number of unbranched alkanes of at least 4 members (excludes halogenated alkanes) is 1. The largest absolute Gasteiger partial charge is 0.494 e. The van der Waals surface area contributed by atoms with E-state index in [1.807, 2.05) is 31.2 Å². The first-order chi connectivity index (χ1) is 19.3. The average molecular weight is 575 g/mol. The summed E-state index contributed by atoms with van der Waals surface area (Å²) in [5.41, 5.74) is 0.654.